The van der Waals surface area contributed by atoms with Gasteiger partial charge in [0.1, 0.15) is 48.8 Å². The van der Waals surface area contributed by atoms with Gasteiger partial charge in [0, 0.05) is 6.42 Å². The quantitative estimate of drug-likeness (QED) is 0.0206. The molecule has 0 aromatic rings. The first kappa shape index (κ1) is 65.5. The zero-order valence-corrected chi connectivity index (χ0v) is 44.4. The monoisotopic (exact) mass is 1020 g/mol. The van der Waals surface area contributed by atoms with Crippen LogP contribution in [-0.2, 0) is 23.7 Å². The number of amides is 1. The van der Waals surface area contributed by atoms with E-state index in [2.05, 4.69) is 92.1 Å². The third-order valence-corrected chi connectivity index (χ3v) is 13.4. The summed E-state index contributed by atoms with van der Waals surface area (Å²) in [6.07, 6.45) is 39.0. The predicted molar refractivity (Wildman–Crippen MR) is 286 cm³/mol. The zero-order chi connectivity index (χ0) is 52.4. The number of carbonyl (C=O) groups excluding carboxylic acids is 1. The topological polar surface area (TPSA) is 228 Å². The van der Waals surface area contributed by atoms with Crippen LogP contribution in [0.4, 0.5) is 0 Å². The fourth-order valence-electron chi connectivity index (χ4n) is 8.89. The van der Waals surface area contributed by atoms with Crippen LogP contribution in [0, 0.1) is 0 Å². The summed E-state index contributed by atoms with van der Waals surface area (Å²) < 4.78 is 22.8. The number of allylic oxidation sites excluding steroid dienone is 12. The smallest absolute Gasteiger partial charge is 0.220 e. The van der Waals surface area contributed by atoms with E-state index in [0.717, 1.165) is 89.9 Å². The molecule has 416 valence electrons. The van der Waals surface area contributed by atoms with E-state index >= 15 is 0 Å². The van der Waals surface area contributed by atoms with E-state index in [0.29, 0.717) is 19.3 Å². The molecule has 0 radical (unpaired) electrons. The van der Waals surface area contributed by atoms with Crippen molar-refractivity contribution < 1.29 is 64.6 Å². The van der Waals surface area contributed by atoms with Gasteiger partial charge in [-0.2, -0.15) is 0 Å². The molecule has 2 heterocycles. The number of carbonyl (C=O) groups is 1. The fourth-order valence-corrected chi connectivity index (χ4v) is 8.89. The second-order valence-corrected chi connectivity index (χ2v) is 19.7. The molecular formula is C58H101NO13. The van der Waals surface area contributed by atoms with Gasteiger partial charge in [-0.1, -0.05) is 196 Å². The summed E-state index contributed by atoms with van der Waals surface area (Å²) in [6, 6.07) is -0.836. The summed E-state index contributed by atoms with van der Waals surface area (Å²) in [5.74, 6) is -0.220. The average Bonchev–Trinajstić information content (AvgIpc) is 3.38. The number of nitrogens with one attached hydrogen (secondary N) is 1. The van der Waals surface area contributed by atoms with Crippen molar-refractivity contribution in [3.05, 3.63) is 72.9 Å². The molecule has 2 saturated heterocycles. The Bertz CT molecular complexity index is 1480. The highest BCUT2D eigenvalue weighted by Gasteiger charge is 2.51. The molecule has 0 spiro atoms. The summed E-state index contributed by atoms with van der Waals surface area (Å²) in [6.45, 7) is 2.71. The van der Waals surface area contributed by atoms with Crippen LogP contribution in [0.15, 0.2) is 72.9 Å². The highest BCUT2D eigenvalue weighted by Crippen LogP contribution is 2.30. The second-order valence-electron chi connectivity index (χ2n) is 19.7. The maximum Gasteiger partial charge on any atom is 0.220 e. The lowest BCUT2D eigenvalue weighted by atomic mass is 9.97. The van der Waals surface area contributed by atoms with Crippen molar-refractivity contribution in [2.45, 2.75) is 267 Å². The van der Waals surface area contributed by atoms with Gasteiger partial charge in [0.25, 0.3) is 0 Å². The number of aliphatic hydroxyl groups is 8. The highest BCUT2D eigenvalue weighted by molar-refractivity contribution is 5.76. The number of unbranched alkanes of at least 4 members (excludes halogenated alkanes) is 18. The molecule has 0 aromatic carbocycles. The van der Waals surface area contributed by atoms with E-state index < -0.39 is 86.8 Å². The minimum atomic E-state index is -1.78. The van der Waals surface area contributed by atoms with Crippen LogP contribution in [0.5, 0.6) is 0 Å². The maximum atomic E-state index is 13.2. The molecule has 2 fully saturated rings. The van der Waals surface area contributed by atoms with Gasteiger partial charge in [-0.15, -0.1) is 0 Å². The standard InChI is InChI=1S/C58H101NO13/c1-3-5-7-9-11-13-15-16-17-18-19-20-21-22-23-24-25-26-27-28-29-30-32-34-36-38-40-42-50(63)59-46(47(62)41-39-37-35-33-31-14-12-10-8-6-4-2)45-69-57-55(68)53(66)56(49(44-61)71-57)72-58-54(67)52(65)51(64)48(43-60)70-58/h5,7,11,13,16-17,19-20,22-23,25-26,46-49,51-58,60-62,64-68H,3-4,6,8-10,12,14-15,18,21,24,27-45H2,1-2H3,(H,59,63)/b7-5-,13-11-,17-16-,20-19-,23-22-,26-25-. The molecule has 72 heavy (non-hydrogen) atoms. The van der Waals surface area contributed by atoms with Crippen molar-refractivity contribution in [2.75, 3.05) is 19.8 Å². The van der Waals surface area contributed by atoms with E-state index in [-0.39, 0.29) is 12.5 Å². The van der Waals surface area contributed by atoms with Gasteiger partial charge in [0.05, 0.1) is 32.0 Å². The van der Waals surface area contributed by atoms with Crippen molar-refractivity contribution in [1.82, 2.24) is 5.32 Å². The van der Waals surface area contributed by atoms with Crippen molar-refractivity contribution in [2.24, 2.45) is 0 Å². The Morgan fingerprint density at radius 1 is 0.514 bits per heavy atom. The van der Waals surface area contributed by atoms with E-state index in [4.69, 9.17) is 18.9 Å². The molecule has 2 aliphatic heterocycles. The van der Waals surface area contributed by atoms with Crippen molar-refractivity contribution in [3.8, 4) is 0 Å². The lowest BCUT2D eigenvalue weighted by molar-refractivity contribution is -0.359. The maximum absolute atomic E-state index is 13.2. The molecule has 14 heteroatoms. The van der Waals surface area contributed by atoms with E-state index in [1.54, 1.807) is 0 Å². The van der Waals surface area contributed by atoms with Crippen LogP contribution in [0.25, 0.3) is 0 Å². The molecule has 0 aromatic heterocycles. The molecule has 1 amide bonds. The van der Waals surface area contributed by atoms with Gasteiger partial charge in [0.2, 0.25) is 5.91 Å². The van der Waals surface area contributed by atoms with Crippen LogP contribution in [0.1, 0.15) is 194 Å². The highest BCUT2D eigenvalue weighted by atomic mass is 16.7. The summed E-state index contributed by atoms with van der Waals surface area (Å²) in [5, 5.41) is 87.0. The van der Waals surface area contributed by atoms with Crippen LogP contribution in [-0.4, -0.2) is 140 Å². The lowest BCUT2D eigenvalue weighted by Gasteiger charge is -2.46. The number of hydrogen-bond acceptors (Lipinski definition) is 13. The Labute approximate surface area is 434 Å². The molecule has 0 aliphatic carbocycles. The van der Waals surface area contributed by atoms with Crippen LogP contribution >= 0.6 is 0 Å². The van der Waals surface area contributed by atoms with E-state index in [1.807, 2.05) is 0 Å². The predicted octanol–water partition coefficient (Wildman–Crippen LogP) is 8.77. The van der Waals surface area contributed by atoms with Gasteiger partial charge < -0.3 is 65.1 Å². The van der Waals surface area contributed by atoms with Crippen LogP contribution in [0.3, 0.4) is 0 Å². The first-order valence-corrected chi connectivity index (χ1v) is 28.2. The van der Waals surface area contributed by atoms with Crippen molar-refractivity contribution in [1.29, 1.82) is 0 Å². The molecular weight excluding hydrogens is 919 g/mol. The Morgan fingerprint density at radius 2 is 0.958 bits per heavy atom. The average molecular weight is 1020 g/mol. The third kappa shape index (κ3) is 29.5. The Hall–Kier alpha value is -2.57. The molecule has 2 rings (SSSR count). The summed E-state index contributed by atoms with van der Waals surface area (Å²) >= 11 is 0. The summed E-state index contributed by atoms with van der Waals surface area (Å²) in [4.78, 5) is 13.2. The molecule has 14 nitrogen and oxygen atoms in total. The molecule has 9 N–H and O–H groups in total. The third-order valence-electron chi connectivity index (χ3n) is 13.4. The normalized spacial score (nSPS) is 26.1. The largest absolute Gasteiger partial charge is 0.394 e. The minimum absolute atomic E-state index is 0.220. The van der Waals surface area contributed by atoms with Crippen molar-refractivity contribution >= 4 is 5.91 Å². The Balaban J connectivity index is 1.72. The van der Waals surface area contributed by atoms with Gasteiger partial charge in [-0.3, -0.25) is 4.79 Å². The number of ether oxygens (including phenoxy) is 4. The van der Waals surface area contributed by atoms with Crippen molar-refractivity contribution in [3.63, 3.8) is 0 Å². The van der Waals surface area contributed by atoms with Gasteiger partial charge in [-0.25, -0.2) is 0 Å². The minimum Gasteiger partial charge on any atom is -0.394 e. The Kier molecular flexibility index (Phi) is 39.7. The first-order valence-electron chi connectivity index (χ1n) is 28.2. The molecule has 12 atom stereocenters. The molecule has 2 aliphatic rings. The second kappa shape index (κ2) is 43.6. The van der Waals surface area contributed by atoms with E-state index in [1.165, 1.54) is 70.6 Å². The van der Waals surface area contributed by atoms with Gasteiger partial charge in [0.15, 0.2) is 12.6 Å². The summed E-state index contributed by atoms with van der Waals surface area (Å²) in [7, 11) is 0. The SMILES string of the molecule is CC/C=C\C/C=C\C/C=C\C/C=C\C/C=C\C/C=C\CCCCCCCCCCC(=O)NC(COC1OC(CO)C(OC2OC(CO)C(O)C(O)C2O)C(O)C1O)C(O)CCCCCCCCCCCCC. The molecule has 12 unspecified atom stereocenters. The Morgan fingerprint density at radius 3 is 1.47 bits per heavy atom. The van der Waals surface area contributed by atoms with E-state index in [9.17, 15) is 45.6 Å². The number of hydrogen-bond donors (Lipinski definition) is 9. The first-order chi connectivity index (χ1) is 35.1. The zero-order valence-electron chi connectivity index (χ0n) is 44.4. The fraction of sp³-hybridized carbons (Fsp3) is 0.776. The number of rotatable bonds is 43. The number of aliphatic hydroxyl groups excluding tert-OH is 8. The van der Waals surface area contributed by atoms with Crippen LogP contribution < -0.4 is 5.32 Å². The summed E-state index contributed by atoms with van der Waals surface area (Å²) in [5.41, 5.74) is 0. The van der Waals surface area contributed by atoms with Gasteiger partial charge >= 0.3 is 0 Å². The molecule has 0 saturated carbocycles. The molecule has 0 bridgehead atoms. The van der Waals surface area contributed by atoms with Crippen LogP contribution in [0.2, 0.25) is 0 Å². The lowest BCUT2D eigenvalue weighted by Crippen LogP contribution is -2.65. The van der Waals surface area contributed by atoms with Gasteiger partial charge in [-0.05, 0) is 64.2 Å².